The van der Waals surface area contributed by atoms with E-state index >= 15 is 0 Å². The molecule has 0 saturated heterocycles. The minimum absolute atomic E-state index is 0.0700. The van der Waals surface area contributed by atoms with Crippen molar-refractivity contribution in [3.05, 3.63) is 59.3 Å². The summed E-state index contributed by atoms with van der Waals surface area (Å²) in [5.41, 5.74) is 5.27. The normalized spacial score (nSPS) is 38.1. The number of H-pyrrole nitrogens is 1. The number of aromatic nitrogens is 2. The van der Waals surface area contributed by atoms with E-state index in [9.17, 15) is 10.2 Å². The minimum Gasteiger partial charge on any atom is -0.393 e. The van der Waals surface area contributed by atoms with Crippen molar-refractivity contribution in [1.82, 2.24) is 10.2 Å². The zero-order valence-corrected chi connectivity index (χ0v) is 17.6. The van der Waals surface area contributed by atoms with E-state index in [1.807, 2.05) is 6.20 Å². The van der Waals surface area contributed by atoms with Gasteiger partial charge < -0.3 is 10.2 Å². The van der Waals surface area contributed by atoms with Gasteiger partial charge in [0.25, 0.3) is 0 Å². The molecular weight excluding hydrogens is 372 g/mol. The monoisotopic (exact) mass is 402 g/mol. The van der Waals surface area contributed by atoms with E-state index in [2.05, 4.69) is 53.5 Å². The number of fused-ring (bicyclic) bond motifs is 5. The van der Waals surface area contributed by atoms with Gasteiger partial charge in [-0.3, -0.25) is 5.10 Å². The zero-order valence-electron chi connectivity index (χ0n) is 17.6. The summed E-state index contributed by atoms with van der Waals surface area (Å²) < 4.78 is 0. The van der Waals surface area contributed by atoms with E-state index in [4.69, 9.17) is 0 Å². The lowest BCUT2D eigenvalue weighted by Gasteiger charge is -2.48. The topological polar surface area (TPSA) is 69.1 Å². The first-order chi connectivity index (χ1) is 14.5. The Hall–Kier alpha value is -2.17. The summed E-state index contributed by atoms with van der Waals surface area (Å²) in [6.45, 7) is 2.34. The first-order valence-corrected chi connectivity index (χ1v) is 11.4. The maximum absolute atomic E-state index is 12.1. The first kappa shape index (κ1) is 18.6. The summed E-state index contributed by atoms with van der Waals surface area (Å²) in [5, 5.41) is 30.7. The third kappa shape index (κ3) is 2.56. The van der Waals surface area contributed by atoms with Gasteiger partial charge >= 0.3 is 0 Å². The fourth-order valence-electron chi connectivity index (χ4n) is 6.87. The maximum atomic E-state index is 12.1. The van der Waals surface area contributed by atoms with E-state index in [0.29, 0.717) is 5.92 Å². The standard InChI is InChI=1S/C26H30N2O2/c1-25-10-9-20-12-19-13-21(29)5-4-16(19)8-11-26(20,30)24(25)7-6-22(25)17-2-3-18-15-27-28-23(18)14-17/h2-3,6,9,12,14-16,21,24,29-30H,4-5,7-8,10-11,13H2,1H3,(H,27,28)/t16?,21?,24?,25?,26-/m1/s1. The summed E-state index contributed by atoms with van der Waals surface area (Å²) in [6, 6.07) is 6.54. The van der Waals surface area contributed by atoms with Gasteiger partial charge in [0.2, 0.25) is 0 Å². The molecule has 4 aliphatic rings. The SMILES string of the molecule is CC12CC=C3C=C4CC(O)CCC4CC[C@]3(O)C1CC=C2c1ccc2cn[nH]c2c1. The van der Waals surface area contributed by atoms with Crippen LogP contribution in [0.3, 0.4) is 0 Å². The summed E-state index contributed by atoms with van der Waals surface area (Å²) in [7, 11) is 0. The van der Waals surface area contributed by atoms with Gasteiger partial charge in [-0.1, -0.05) is 42.9 Å². The van der Waals surface area contributed by atoms with E-state index < -0.39 is 5.60 Å². The average molecular weight is 403 g/mol. The fourth-order valence-corrected chi connectivity index (χ4v) is 6.87. The van der Waals surface area contributed by atoms with Crippen LogP contribution in [-0.4, -0.2) is 32.1 Å². The highest BCUT2D eigenvalue weighted by atomic mass is 16.3. The average Bonchev–Trinajstić information content (AvgIpc) is 3.30. The van der Waals surface area contributed by atoms with Gasteiger partial charge in [-0.15, -0.1) is 0 Å². The Bertz CT molecular complexity index is 1110. The van der Waals surface area contributed by atoms with Crippen LogP contribution in [0.2, 0.25) is 0 Å². The lowest BCUT2D eigenvalue weighted by molar-refractivity contribution is -0.0330. The van der Waals surface area contributed by atoms with Crippen LogP contribution in [0.25, 0.3) is 16.5 Å². The molecule has 4 heteroatoms. The highest BCUT2D eigenvalue weighted by Crippen LogP contribution is 2.61. The molecule has 6 rings (SSSR count). The Balaban J connectivity index is 1.38. The second-order valence-electron chi connectivity index (χ2n) is 10.2. The number of aromatic amines is 1. The van der Waals surface area contributed by atoms with Crippen molar-refractivity contribution in [2.24, 2.45) is 17.3 Å². The summed E-state index contributed by atoms with van der Waals surface area (Å²) in [6.07, 6.45) is 15.0. The Morgan fingerprint density at radius 2 is 2.07 bits per heavy atom. The number of nitrogens with one attached hydrogen (secondary N) is 1. The van der Waals surface area contributed by atoms with Crippen molar-refractivity contribution in [3.63, 3.8) is 0 Å². The molecular formula is C26H30N2O2. The molecule has 30 heavy (non-hydrogen) atoms. The number of allylic oxidation sites excluding steroid dienone is 3. The van der Waals surface area contributed by atoms with E-state index in [-0.39, 0.29) is 17.4 Å². The number of hydrogen-bond donors (Lipinski definition) is 3. The molecule has 4 aliphatic carbocycles. The predicted octanol–water partition coefficient (Wildman–Crippen LogP) is 4.91. The first-order valence-electron chi connectivity index (χ1n) is 11.4. The minimum atomic E-state index is -0.779. The molecule has 0 aliphatic heterocycles. The molecule has 1 saturated carbocycles. The second kappa shape index (κ2) is 6.41. The molecule has 4 nitrogen and oxygen atoms in total. The fraction of sp³-hybridized carbons (Fsp3) is 0.500. The molecule has 0 bridgehead atoms. The van der Waals surface area contributed by atoms with Crippen LogP contribution >= 0.6 is 0 Å². The van der Waals surface area contributed by atoms with E-state index in [1.54, 1.807) is 0 Å². The molecule has 1 aromatic carbocycles. The van der Waals surface area contributed by atoms with E-state index in [1.165, 1.54) is 16.7 Å². The zero-order chi connectivity index (χ0) is 20.5. The largest absolute Gasteiger partial charge is 0.393 e. The van der Waals surface area contributed by atoms with Crippen molar-refractivity contribution in [1.29, 1.82) is 0 Å². The molecule has 0 radical (unpaired) electrons. The molecule has 1 heterocycles. The van der Waals surface area contributed by atoms with Crippen molar-refractivity contribution < 1.29 is 10.2 Å². The smallest absolute Gasteiger partial charge is 0.0933 e. The molecule has 2 aromatic rings. The number of nitrogens with zero attached hydrogens (tertiary/aromatic N) is 1. The Kier molecular flexibility index (Phi) is 3.97. The number of aliphatic hydroxyl groups excluding tert-OH is 1. The van der Waals surface area contributed by atoms with Gasteiger partial charge in [0.05, 0.1) is 23.4 Å². The van der Waals surface area contributed by atoms with Gasteiger partial charge in [-0.2, -0.15) is 5.10 Å². The Morgan fingerprint density at radius 3 is 2.97 bits per heavy atom. The van der Waals surface area contributed by atoms with E-state index in [0.717, 1.165) is 61.4 Å². The van der Waals surface area contributed by atoms with Crippen LogP contribution in [0, 0.1) is 17.3 Å². The lowest BCUT2D eigenvalue weighted by Crippen LogP contribution is -2.48. The third-order valence-electron chi connectivity index (χ3n) is 8.58. The second-order valence-corrected chi connectivity index (χ2v) is 10.2. The number of aliphatic hydroxyl groups is 2. The molecule has 4 unspecified atom stereocenters. The summed E-state index contributed by atoms with van der Waals surface area (Å²) in [4.78, 5) is 0. The summed E-state index contributed by atoms with van der Waals surface area (Å²) in [5.74, 6) is 0.714. The van der Waals surface area contributed by atoms with Crippen LogP contribution in [0.4, 0.5) is 0 Å². The van der Waals surface area contributed by atoms with Gasteiger partial charge in [-0.05, 0) is 73.6 Å². The molecule has 1 aromatic heterocycles. The highest BCUT2D eigenvalue weighted by molar-refractivity contribution is 5.84. The molecule has 156 valence electrons. The third-order valence-corrected chi connectivity index (χ3v) is 8.58. The number of hydrogen-bond acceptors (Lipinski definition) is 3. The molecule has 0 spiro atoms. The highest BCUT2D eigenvalue weighted by Gasteiger charge is 2.55. The van der Waals surface area contributed by atoms with Crippen LogP contribution in [0.5, 0.6) is 0 Å². The van der Waals surface area contributed by atoms with Gasteiger partial charge in [0.1, 0.15) is 0 Å². The predicted molar refractivity (Wildman–Crippen MR) is 119 cm³/mol. The molecule has 0 amide bonds. The van der Waals surface area contributed by atoms with Gasteiger partial charge in [0, 0.05) is 16.7 Å². The maximum Gasteiger partial charge on any atom is 0.0933 e. The Labute approximate surface area is 177 Å². The van der Waals surface area contributed by atoms with Crippen LogP contribution < -0.4 is 0 Å². The quantitative estimate of drug-likeness (QED) is 0.634. The van der Waals surface area contributed by atoms with Crippen molar-refractivity contribution in [3.8, 4) is 0 Å². The van der Waals surface area contributed by atoms with Crippen molar-refractivity contribution in [2.75, 3.05) is 0 Å². The van der Waals surface area contributed by atoms with Crippen LogP contribution in [-0.2, 0) is 0 Å². The lowest BCUT2D eigenvalue weighted by atomic mass is 9.58. The molecule has 5 atom stereocenters. The van der Waals surface area contributed by atoms with Crippen LogP contribution in [0.1, 0.15) is 57.4 Å². The Morgan fingerprint density at radius 1 is 1.17 bits per heavy atom. The van der Waals surface area contributed by atoms with Crippen molar-refractivity contribution >= 4 is 16.5 Å². The number of benzene rings is 1. The van der Waals surface area contributed by atoms with Crippen molar-refractivity contribution in [2.45, 2.75) is 63.6 Å². The summed E-state index contributed by atoms with van der Waals surface area (Å²) >= 11 is 0. The molecule has 3 N–H and O–H groups in total. The van der Waals surface area contributed by atoms with Crippen LogP contribution in [0.15, 0.2) is 53.8 Å². The van der Waals surface area contributed by atoms with Gasteiger partial charge in [0.15, 0.2) is 0 Å². The number of rotatable bonds is 1. The van der Waals surface area contributed by atoms with Gasteiger partial charge in [-0.25, -0.2) is 0 Å². The molecule has 1 fully saturated rings.